The summed E-state index contributed by atoms with van der Waals surface area (Å²) in [4.78, 5) is 44.6. The largest absolute Gasteiger partial charge is 0.322 e. The monoisotopic (exact) mass is 450 g/mol. The second kappa shape index (κ2) is 8.67. The van der Waals surface area contributed by atoms with Gasteiger partial charge >= 0.3 is 0 Å². The van der Waals surface area contributed by atoms with Crippen LogP contribution in [-0.4, -0.2) is 51.6 Å². The zero-order valence-electron chi connectivity index (χ0n) is 18.6. The Morgan fingerprint density at radius 3 is 2.67 bits per heavy atom. The van der Waals surface area contributed by atoms with Crippen molar-refractivity contribution in [2.75, 3.05) is 13.1 Å². The van der Waals surface area contributed by atoms with E-state index in [-0.39, 0.29) is 36.5 Å². The molecule has 3 amide bonds. The average molecular weight is 451 g/mol. The highest BCUT2D eigenvalue weighted by molar-refractivity contribution is 6.05. The molecule has 1 aromatic carbocycles. The van der Waals surface area contributed by atoms with E-state index >= 15 is 4.39 Å². The third-order valence-corrected chi connectivity index (χ3v) is 7.21. The number of nitrogens with one attached hydrogen (secondary N) is 1. The summed E-state index contributed by atoms with van der Waals surface area (Å²) in [5, 5.41) is 2.30. The van der Waals surface area contributed by atoms with Crippen molar-refractivity contribution in [3.05, 3.63) is 64.2 Å². The Bertz CT molecular complexity index is 1130. The molecule has 0 bridgehead atoms. The number of aromatic nitrogens is 1. The van der Waals surface area contributed by atoms with Gasteiger partial charge in [0.25, 0.3) is 5.91 Å². The van der Waals surface area contributed by atoms with Gasteiger partial charge in [-0.1, -0.05) is 6.07 Å². The molecule has 1 atom stereocenters. The van der Waals surface area contributed by atoms with Crippen molar-refractivity contribution < 1.29 is 18.8 Å². The number of carbonyl (C=O) groups is 3. The highest BCUT2D eigenvalue weighted by Gasteiger charge is 2.40. The van der Waals surface area contributed by atoms with Crippen LogP contribution in [0.5, 0.6) is 0 Å². The predicted octanol–water partition coefficient (Wildman–Crippen LogP) is 2.67. The molecule has 33 heavy (non-hydrogen) atoms. The van der Waals surface area contributed by atoms with Crippen molar-refractivity contribution in [2.24, 2.45) is 0 Å². The topological polar surface area (TPSA) is 82.6 Å². The molecule has 0 aliphatic carbocycles. The molecular weight excluding hydrogens is 423 g/mol. The Labute approximate surface area is 192 Å². The number of amides is 3. The first-order valence-electron chi connectivity index (χ1n) is 11.5. The maximum Gasteiger partial charge on any atom is 0.255 e. The van der Waals surface area contributed by atoms with Crippen molar-refractivity contribution in [1.29, 1.82) is 0 Å². The van der Waals surface area contributed by atoms with Crippen LogP contribution in [0.2, 0.25) is 0 Å². The minimum absolute atomic E-state index is 0.0984. The Hall–Kier alpha value is -3.13. The van der Waals surface area contributed by atoms with E-state index in [9.17, 15) is 14.4 Å². The molecule has 0 spiro atoms. The number of benzene rings is 1. The maximum atomic E-state index is 15.1. The van der Waals surface area contributed by atoms with E-state index in [0.29, 0.717) is 17.5 Å². The molecule has 1 N–H and O–H groups in total. The smallest absolute Gasteiger partial charge is 0.255 e. The third-order valence-electron chi connectivity index (χ3n) is 7.21. The molecule has 1 aromatic heterocycles. The minimum atomic E-state index is -0.687. The van der Waals surface area contributed by atoms with Crippen LogP contribution in [0.25, 0.3) is 0 Å². The quantitative estimate of drug-likeness (QED) is 0.725. The molecule has 4 heterocycles. The van der Waals surface area contributed by atoms with Gasteiger partial charge in [-0.15, -0.1) is 0 Å². The summed E-state index contributed by atoms with van der Waals surface area (Å²) in [6.07, 6.45) is 5.90. The fourth-order valence-corrected chi connectivity index (χ4v) is 5.23. The molecule has 3 aliphatic rings. The van der Waals surface area contributed by atoms with Crippen LogP contribution in [0.3, 0.4) is 0 Å². The number of imide groups is 1. The highest BCUT2D eigenvalue weighted by atomic mass is 19.1. The number of pyridine rings is 1. The maximum absolute atomic E-state index is 15.1. The van der Waals surface area contributed by atoms with Crippen molar-refractivity contribution >= 4 is 17.7 Å². The molecule has 1 unspecified atom stereocenters. The van der Waals surface area contributed by atoms with Gasteiger partial charge < -0.3 is 4.90 Å². The van der Waals surface area contributed by atoms with E-state index in [1.165, 1.54) is 22.1 Å². The summed E-state index contributed by atoms with van der Waals surface area (Å²) in [5.74, 6) is -1.37. The SMILES string of the molecule is Cc1ccncc1CN1CCC(c2cc3c(cc2F)C(=O)N(C2CCC(=O)NC2=O)C3)CC1. The summed E-state index contributed by atoms with van der Waals surface area (Å²) in [6, 6.07) is 4.49. The summed E-state index contributed by atoms with van der Waals surface area (Å²) in [7, 11) is 0. The Morgan fingerprint density at radius 2 is 1.94 bits per heavy atom. The van der Waals surface area contributed by atoms with Crippen LogP contribution in [0, 0.1) is 12.7 Å². The van der Waals surface area contributed by atoms with Gasteiger partial charge in [0.05, 0.1) is 0 Å². The fraction of sp³-hybridized carbons (Fsp3) is 0.440. The van der Waals surface area contributed by atoms with Crippen LogP contribution < -0.4 is 5.32 Å². The van der Waals surface area contributed by atoms with Gasteiger partial charge in [0.1, 0.15) is 11.9 Å². The van der Waals surface area contributed by atoms with Crippen LogP contribution in [0.4, 0.5) is 4.39 Å². The lowest BCUT2D eigenvalue weighted by molar-refractivity contribution is -0.136. The van der Waals surface area contributed by atoms with Gasteiger partial charge in [-0.2, -0.15) is 0 Å². The number of carbonyl (C=O) groups excluding carboxylic acids is 3. The summed E-state index contributed by atoms with van der Waals surface area (Å²) in [6.45, 7) is 4.94. The molecular formula is C25H27FN4O3. The minimum Gasteiger partial charge on any atom is -0.322 e. The lowest BCUT2D eigenvalue weighted by Crippen LogP contribution is -2.52. The summed E-state index contributed by atoms with van der Waals surface area (Å²) in [5.41, 5.74) is 4.18. The molecule has 2 saturated heterocycles. The zero-order chi connectivity index (χ0) is 23.1. The average Bonchev–Trinajstić information content (AvgIpc) is 3.11. The second-order valence-electron chi connectivity index (χ2n) is 9.28. The first kappa shape index (κ1) is 21.7. The Morgan fingerprint density at radius 1 is 1.15 bits per heavy atom. The molecule has 8 heteroatoms. The number of halogens is 1. The molecule has 0 saturated carbocycles. The lowest BCUT2D eigenvalue weighted by atomic mass is 9.87. The van der Waals surface area contributed by atoms with E-state index in [4.69, 9.17) is 0 Å². The molecule has 5 rings (SSSR count). The molecule has 2 aromatic rings. The highest BCUT2D eigenvalue weighted by Crippen LogP contribution is 2.35. The van der Waals surface area contributed by atoms with Crippen molar-refractivity contribution in [2.45, 2.75) is 57.7 Å². The van der Waals surface area contributed by atoms with Gasteiger partial charge in [-0.3, -0.25) is 29.6 Å². The van der Waals surface area contributed by atoms with E-state index < -0.39 is 11.9 Å². The molecule has 172 valence electrons. The first-order chi connectivity index (χ1) is 15.9. The number of aryl methyl sites for hydroxylation is 1. The van der Waals surface area contributed by atoms with E-state index in [1.807, 2.05) is 18.3 Å². The van der Waals surface area contributed by atoms with E-state index in [2.05, 4.69) is 22.1 Å². The standard InChI is InChI=1S/C25H27FN4O3/c1-15-4-7-27-12-18(15)13-29-8-5-16(6-9-29)19-10-17-14-30(25(33)20(17)11-21(19)26)22-2-3-23(31)28-24(22)32/h4,7,10-12,16,22H,2-3,5-6,8-9,13-14H2,1H3,(H,28,31,32). The van der Waals surface area contributed by atoms with Gasteiger partial charge in [0.15, 0.2) is 0 Å². The first-order valence-corrected chi connectivity index (χ1v) is 11.5. The summed E-state index contributed by atoms with van der Waals surface area (Å²) >= 11 is 0. The number of piperidine rings is 2. The summed E-state index contributed by atoms with van der Waals surface area (Å²) < 4.78 is 15.1. The van der Waals surface area contributed by atoms with E-state index in [1.54, 1.807) is 6.20 Å². The number of hydrogen-bond acceptors (Lipinski definition) is 5. The number of nitrogens with zero attached hydrogens (tertiary/aromatic N) is 3. The zero-order valence-corrected chi connectivity index (χ0v) is 18.6. The number of likely N-dealkylation sites (tertiary alicyclic amines) is 1. The fourth-order valence-electron chi connectivity index (χ4n) is 5.23. The lowest BCUT2D eigenvalue weighted by Gasteiger charge is -2.32. The van der Waals surface area contributed by atoms with E-state index in [0.717, 1.165) is 38.0 Å². The third kappa shape index (κ3) is 4.15. The van der Waals surface area contributed by atoms with Gasteiger partial charge in [0, 0.05) is 37.5 Å². The van der Waals surface area contributed by atoms with Crippen molar-refractivity contribution in [3.63, 3.8) is 0 Å². The number of hydrogen-bond donors (Lipinski definition) is 1. The second-order valence-corrected chi connectivity index (χ2v) is 9.28. The van der Waals surface area contributed by atoms with Gasteiger partial charge in [-0.05, 0) is 79.6 Å². The van der Waals surface area contributed by atoms with Crippen LogP contribution in [-0.2, 0) is 22.7 Å². The molecule has 2 fully saturated rings. The van der Waals surface area contributed by atoms with Crippen LogP contribution in [0.15, 0.2) is 30.6 Å². The van der Waals surface area contributed by atoms with Crippen molar-refractivity contribution in [1.82, 2.24) is 20.1 Å². The normalized spacial score (nSPS) is 21.9. The van der Waals surface area contributed by atoms with Crippen molar-refractivity contribution in [3.8, 4) is 0 Å². The van der Waals surface area contributed by atoms with Crippen LogP contribution in [0.1, 0.15) is 64.2 Å². The molecule has 0 radical (unpaired) electrons. The van der Waals surface area contributed by atoms with Crippen LogP contribution >= 0.6 is 0 Å². The van der Waals surface area contributed by atoms with Gasteiger partial charge in [-0.25, -0.2) is 4.39 Å². The molecule has 3 aliphatic heterocycles. The Balaban J connectivity index is 1.27. The number of rotatable bonds is 4. The van der Waals surface area contributed by atoms with Gasteiger partial charge in [0.2, 0.25) is 11.8 Å². The number of fused-ring (bicyclic) bond motifs is 1. The molecule has 7 nitrogen and oxygen atoms in total. The predicted molar refractivity (Wildman–Crippen MR) is 119 cm³/mol. The Kier molecular flexibility index (Phi) is 5.70.